The molecule has 23 heavy (non-hydrogen) atoms. The first-order chi connectivity index (χ1) is 10.9. The summed E-state index contributed by atoms with van der Waals surface area (Å²) in [5.41, 5.74) is 0.728. The van der Waals surface area contributed by atoms with Crippen LogP contribution >= 0.6 is 0 Å². The van der Waals surface area contributed by atoms with Crippen molar-refractivity contribution in [3.05, 3.63) is 18.2 Å². The molecule has 1 saturated heterocycles. The van der Waals surface area contributed by atoms with Gasteiger partial charge in [0.1, 0.15) is 5.60 Å². The maximum Gasteiger partial charge on any atom is 0.407 e. The molecule has 0 radical (unpaired) electrons. The minimum atomic E-state index is -0.456. The van der Waals surface area contributed by atoms with Gasteiger partial charge in [-0.15, -0.1) is 0 Å². The van der Waals surface area contributed by atoms with Crippen molar-refractivity contribution in [1.82, 2.24) is 19.8 Å². The molecule has 1 saturated carbocycles. The van der Waals surface area contributed by atoms with E-state index in [9.17, 15) is 4.79 Å². The molecule has 1 amide bonds. The smallest absolute Gasteiger partial charge is 0.407 e. The van der Waals surface area contributed by atoms with Gasteiger partial charge in [0, 0.05) is 50.0 Å². The number of amides is 1. The molecule has 2 aliphatic rings. The maximum atomic E-state index is 11.7. The zero-order chi connectivity index (χ0) is 16.4. The van der Waals surface area contributed by atoms with Crippen molar-refractivity contribution in [3.63, 3.8) is 0 Å². The molecule has 6 nitrogen and oxygen atoms in total. The topological polar surface area (TPSA) is 59.4 Å². The lowest BCUT2D eigenvalue weighted by molar-refractivity contribution is 0.0528. The van der Waals surface area contributed by atoms with Crippen LogP contribution in [-0.2, 0) is 11.2 Å². The minimum Gasteiger partial charge on any atom is -0.444 e. The number of hydrogen-bond acceptors (Lipinski definition) is 4. The van der Waals surface area contributed by atoms with E-state index < -0.39 is 5.60 Å². The average Bonchev–Trinajstić information content (AvgIpc) is 3.00. The Balaban J connectivity index is 1.48. The fraction of sp³-hybridized carbons (Fsp3) is 0.765. The number of alkyl carbamates (subject to hydrolysis) is 1. The number of carbonyl (C=O) groups is 1. The molecule has 1 aromatic rings. The van der Waals surface area contributed by atoms with Gasteiger partial charge in [-0.3, -0.25) is 4.90 Å². The molecule has 1 aliphatic heterocycles. The normalized spacial score (nSPS) is 22.3. The number of nitrogens with zero attached hydrogens (tertiary/aromatic N) is 3. The van der Waals surface area contributed by atoms with Crippen LogP contribution in [0, 0.1) is 0 Å². The van der Waals surface area contributed by atoms with Crippen LogP contribution in [0.15, 0.2) is 12.5 Å². The van der Waals surface area contributed by atoms with Gasteiger partial charge in [0.15, 0.2) is 0 Å². The lowest BCUT2D eigenvalue weighted by atomic mass is 10.2. The Labute approximate surface area is 138 Å². The number of hydrogen-bond donors (Lipinski definition) is 1. The van der Waals surface area contributed by atoms with E-state index in [0.717, 1.165) is 19.0 Å². The van der Waals surface area contributed by atoms with Crippen molar-refractivity contribution in [2.75, 3.05) is 19.6 Å². The fourth-order valence-electron chi connectivity index (χ4n) is 3.23. The van der Waals surface area contributed by atoms with Crippen LogP contribution in [0.4, 0.5) is 4.79 Å². The zero-order valence-electron chi connectivity index (χ0n) is 14.4. The van der Waals surface area contributed by atoms with E-state index in [0.29, 0.717) is 12.6 Å². The Hall–Kier alpha value is -1.56. The average molecular weight is 320 g/mol. The number of likely N-dealkylation sites (tertiary alicyclic amines) is 1. The molecule has 1 N–H and O–H groups in total. The van der Waals surface area contributed by atoms with Crippen LogP contribution in [0.25, 0.3) is 0 Å². The SMILES string of the molecule is CC(C)(C)OC(=O)NCCc1cncn1C1CCN(C2CC2)C1. The number of aromatic nitrogens is 2. The van der Waals surface area contributed by atoms with Crippen molar-refractivity contribution in [2.24, 2.45) is 0 Å². The molecular formula is C17H28N4O2. The number of ether oxygens (including phenoxy) is 1. The molecule has 2 heterocycles. The van der Waals surface area contributed by atoms with E-state index in [2.05, 4.69) is 19.8 Å². The van der Waals surface area contributed by atoms with Crippen LogP contribution < -0.4 is 5.32 Å². The first-order valence-corrected chi connectivity index (χ1v) is 8.64. The lowest BCUT2D eigenvalue weighted by Crippen LogP contribution is -2.33. The van der Waals surface area contributed by atoms with Crippen LogP contribution in [0.3, 0.4) is 0 Å². The van der Waals surface area contributed by atoms with Crippen LogP contribution in [0.1, 0.15) is 51.8 Å². The van der Waals surface area contributed by atoms with Gasteiger partial charge in [0.05, 0.1) is 6.33 Å². The maximum absolute atomic E-state index is 11.7. The fourth-order valence-corrected chi connectivity index (χ4v) is 3.23. The summed E-state index contributed by atoms with van der Waals surface area (Å²) in [6, 6.07) is 1.36. The summed E-state index contributed by atoms with van der Waals surface area (Å²) in [6.07, 6.45) is 8.19. The Morgan fingerprint density at radius 1 is 1.35 bits per heavy atom. The second-order valence-corrected chi connectivity index (χ2v) is 7.64. The number of nitrogens with one attached hydrogen (secondary N) is 1. The minimum absolute atomic E-state index is 0.357. The van der Waals surface area contributed by atoms with Gasteiger partial charge in [0.2, 0.25) is 0 Å². The molecule has 128 valence electrons. The number of imidazole rings is 1. The third-order valence-electron chi connectivity index (χ3n) is 4.45. The molecule has 0 aromatic carbocycles. The van der Waals surface area contributed by atoms with Crippen LogP contribution in [0.2, 0.25) is 0 Å². The van der Waals surface area contributed by atoms with Crippen molar-refractivity contribution in [2.45, 2.75) is 64.1 Å². The third kappa shape index (κ3) is 4.47. The quantitative estimate of drug-likeness (QED) is 0.905. The highest BCUT2D eigenvalue weighted by molar-refractivity contribution is 5.67. The Morgan fingerprint density at radius 3 is 2.83 bits per heavy atom. The van der Waals surface area contributed by atoms with Gasteiger partial charge < -0.3 is 14.6 Å². The predicted molar refractivity (Wildman–Crippen MR) is 88.4 cm³/mol. The monoisotopic (exact) mass is 320 g/mol. The number of rotatable bonds is 5. The number of carbonyl (C=O) groups excluding carboxylic acids is 1. The Bertz CT molecular complexity index is 545. The van der Waals surface area contributed by atoms with E-state index >= 15 is 0 Å². The molecule has 0 spiro atoms. The lowest BCUT2D eigenvalue weighted by Gasteiger charge is -2.20. The van der Waals surface area contributed by atoms with Gasteiger partial charge in [0.25, 0.3) is 0 Å². The van der Waals surface area contributed by atoms with E-state index in [4.69, 9.17) is 4.74 Å². The first-order valence-electron chi connectivity index (χ1n) is 8.64. The standard InChI is InChI=1S/C17H28N4O2/c1-17(2,3)23-16(22)19-8-6-14-10-18-12-21(14)15-7-9-20(11-15)13-4-5-13/h10,12-13,15H,4-9,11H2,1-3H3,(H,19,22). The highest BCUT2D eigenvalue weighted by Gasteiger charge is 2.35. The van der Waals surface area contributed by atoms with Crippen LogP contribution in [-0.4, -0.2) is 51.8 Å². The summed E-state index contributed by atoms with van der Waals surface area (Å²) in [5, 5.41) is 2.82. The van der Waals surface area contributed by atoms with Gasteiger partial charge in [-0.2, -0.15) is 0 Å². The Kier molecular flexibility index (Phi) is 4.62. The molecular weight excluding hydrogens is 292 g/mol. The van der Waals surface area contributed by atoms with Crippen LogP contribution in [0.5, 0.6) is 0 Å². The van der Waals surface area contributed by atoms with E-state index in [-0.39, 0.29) is 6.09 Å². The van der Waals surface area contributed by atoms with Crippen molar-refractivity contribution in [3.8, 4) is 0 Å². The molecule has 1 unspecified atom stereocenters. The summed E-state index contributed by atoms with van der Waals surface area (Å²) < 4.78 is 7.55. The molecule has 3 rings (SSSR count). The summed E-state index contributed by atoms with van der Waals surface area (Å²) >= 11 is 0. The summed E-state index contributed by atoms with van der Waals surface area (Å²) in [4.78, 5) is 18.6. The van der Waals surface area contributed by atoms with Gasteiger partial charge in [-0.1, -0.05) is 0 Å². The molecule has 6 heteroatoms. The van der Waals surface area contributed by atoms with Gasteiger partial charge in [-0.25, -0.2) is 9.78 Å². The molecule has 2 fully saturated rings. The van der Waals surface area contributed by atoms with Gasteiger partial charge >= 0.3 is 6.09 Å². The molecule has 0 bridgehead atoms. The zero-order valence-corrected chi connectivity index (χ0v) is 14.4. The molecule has 1 atom stereocenters. The summed E-state index contributed by atoms with van der Waals surface area (Å²) in [7, 11) is 0. The van der Waals surface area contributed by atoms with E-state index in [1.807, 2.05) is 33.3 Å². The van der Waals surface area contributed by atoms with Crippen molar-refractivity contribution >= 4 is 6.09 Å². The molecule has 1 aromatic heterocycles. The van der Waals surface area contributed by atoms with Crippen molar-refractivity contribution < 1.29 is 9.53 Å². The highest BCUT2D eigenvalue weighted by Crippen LogP contribution is 2.33. The van der Waals surface area contributed by atoms with Crippen molar-refractivity contribution in [1.29, 1.82) is 0 Å². The summed E-state index contributed by atoms with van der Waals surface area (Å²) in [6.45, 7) is 8.50. The Morgan fingerprint density at radius 2 is 2.13 bits per heavy atom. The van der Waals surface area contributed by atoms with E-state index in [1.165, 1.54) is 31.5 Å². The highest BCUT2D eigenvalue weighted by atomic mass is 16.6. The third-order valence-corrected chi connectivity index (χ3v) is 4.45. The first kappa shape index (κ1) is 16.3. The van der Waals surface area contributed by atoms with E-state index in [1.54, 1.807) is 0 Å². The summed E-state index contributed by atoms with van der Waals surface area (Å²) in [5.74, 6) is 0. The largest absolute Gasteiger partial charge is 0.444 e. The molecule has 1 aliphatic carbocycles. The van der Waals surface area contributed by atoms with Gasteiger partial charge in [-0.05, 0) is 40.0 Å². The second-order valence-electron chi connectivity index (χ2n) is 7.64. The predicted octanol–water partition coefficient (Wildman–Crippen LogP) is 2.36. The second kappa shape index (κ2) is 6.51.